The highest BCUT2D eigenvalue weighted by Crippen LogP contribution is 2.33. The minimum absolute atomic E-state index is 0.0539. The van der Waals surface area contributed by atoms with Crippen LogP contribution in [0.2, 0.25) is 5.02 Å². The SMILES string of the molecule is CNc1cccc(Oc2cc(Cl)ccc2[N+](=O)[O-])n1. The zero-order chi connectivity index (χ0) is 13.8. The Kier molecular flexibility index (Phi) is 3.82. The highest BCUT2D eigenvalue weighted by Gasteiger charge is 2.16. The van der Waals surface area contributed by atoms with Crippen LogP contribution in [0.25, 0.3) is 0 Å². The predicted octanol–water partition coefficient (Wildman–Crippen LogP) is 3.48. The summed E-state index contributed by atoms with van der Waals surface area (Å²) in [5.74, 6) is 0.901. The molecule has 1 N–H and O–H groups in total. The van der Waals surface area contributed by atoms with E-state index in [-0.39, 0.29) is 17.3 Å². The molecule has 1 aromatic carbocycles. The van der Waals surface area contributed by atoms with Crippen molar-refractivity contribution in [2.75, 3.05) is 12.4 Å². The van der Waals surface area contributed by atoms with Gasteiger partial charge in [0, 0.05) is 30.3 Å². The Morgan fingerprint density at radius 3 is 2.84 bits per heavy atom. The summed E-state index contributed by atoms with van der Waals surface area (Å²) < 4.78 is 5.42. The van der Waals surface area contributed by atoms with E-state index in [1.165, 1.54) is 18.2 Å². The first kappa shape index (κ1) is 13.1. The molecule has 6 nitrogen and oxygen atoms in total. The van der Waals surface area contributed by atoms with Crippen LogP contribution in [0.3, 0.4) is 0 Å². The fourth-order valence-corrected chi connectivity index (χ4v) is 1.61. The number of hydrogen-bond acceptors (Lipinski definition) is 5. The lowest BCUT2D eigenvalue weighted by Crippen LogP contribution is -1.96. The van der Waals surface area contributed by atoms with Gasteiger partial charge in [-0.15, -0.1) is 0 Å². The second-order valence-corrected chi connectivity index (χ2v) is 4.02. The maximum absolute atomic E-state index is 10.9. The number of nitrogens with one attached hydrogen (secondary N) is 1. The summed E-state index contributed by atoms with van der Waals surface area (Å²) in [6.45, 7) is 0. The van der Waals surface area contributed by atoms with Gasteiger partial charge >= 0.3 is 5.69 Å². The minimum atomic E-state index is -0.534. The maximum Gasteiger partial charge on any atom is 0.311 e. The molecule has 2 aromatic rings. The molecule has 0 unspecified atom stereocenters. The summed E-state index contributed by atoms with van der Waals surface area (Å²) >= 11 is 5.81. The molecule has 98 valence electrons. The van der Waals surface area contributed by atoms with Crippen molar-refractivity contribution in [2.24, 2.45) is 0 Å². The van der Waals surface area contributed by atoms with E-state index in [4.69, 9.17) is 16.3 Å². The van der Waals surface area contributed by atoms with Crippen molar-refractivity contribution in [3.63, 3.8) is 0 Å². The van der Waals surface area contributed by atoms with Gasteiger partial charge in [0.25, 0.3) is 0 Å². The van der Waals surface area contributed by atoms with Gasteiger partial charge in [-0.2, -0.15) is 4.98 Å². The maximum atomic E-state index is 10.9. The van der Waals surface area contributed by atoms with E-state index in [9.17, 15) is 10.1 Å². The van der Waals surface area contributed by atoms with Crippen molar-refractivity contribution in [2.45, 2.75) is 0 Å². The van der Waals surface area contributed by atoms with Gasteiger partial charge in [-0.1, -0.05) is 17.7 Å². The van der Waals surface area contributed by atoms with Crippen LogP contribution in [0.4, 0.5) is 11.5 Å². The number of benzene rings is 1. The molecule has 0 aliphatic rings. The molecule has 0 saturated heterocycles. The molecule has 0 saturated carbocycles. The van der Waals surface area contributed by atoms with Crippen molar-refractivity contribution in [1.29, 1.82) is 0 Å². The van der Waals surface area contributed by atoms with E-state index in [1.54, 1.807) is 25.2 Å². The van der Waals surface area contributed by atoms with Crippen LogP contribution < -0.4 is 10.1 Å². The number of nitro benzene ring substituents is 1. The number of nitro groups is 1. The van der Waals surface area contributed by atoms with Crippen molar-refractivity contribution in [3.8, 4) is 11.6 Å². The van der Waals surface area contributed by atoms with Crippen molar-refractivity contribution in [3.05, 3.63) is 51.5 Å². The molecular formula is C12H10ClN3O3. The Hall–Kier alpha value is -2.34. The highest BCUT2D eigenvalue weighted by molar-refractivity contribution is 6.30. The smallest absolute Gasteiger partial charge is 0.311 e. The summed E-state index contributed by atoms with van der Waals surface area (Å²) in [5, 5.41) is 14.1. The first-order chi connectivity index (χ1) is 9.10. The highest BCUT2D eigenvalue weighted by atomic mass is 35.5. The van der Waals surface area contributed by atoms with Crippen LogP contribution in [0.5, 0.6) is 11.6 Å². The first-order valence-electron chi connectivity index (χ1n) is 5.37. The quantitative estimate of drug-likeness (QED) is 0.685. The molecule has 0 bridgehead atoms. The molecule has 0 atom stereocenters. The standard InChI is InChI=1S/C12H10ClN3O3/c1-14-11-3-2-4-12(15-11)19-10-7-8(13)5-6-9(10)16(17)18/h2-7H,1H3,(H,14,15). The van der Waals surface area contributed by atoms with Gasteiger partial charge in [0.2, 0.25) is 11.6 Å². The second kappa shape index (κ2) is 5.53. The molecule has 0 amide bonds. The molecule has 2 rings (SSSR count). The zero-order valence-corrected chi connectivity index (χ0v) is 10.7. The fourth-order valence-electron chi connectivity index (χ4n) is 1.44. The Labute approximate surface area is 114 Å². The van der Waals surface area contributed by atoms with E-state index in [1.807, 2.05) is 0 Å². The Morgan fingerprint density at radius 1 is 1.37 bits per heavy atom. The summed E-state index contributed by atoms with van der Waals surface area (Å²) in [6.07, 6.45) is 0. The normalized spacial score (nSPS) is 10.0. The minimum Gasteiger partial charge on any atom is -0.432 e. The molecule has 0 fully saturated rings. The third-order valence-corrected chi connectivity index (χ3v) is 2.55. The number of halogens is 1. The lowest BCUT2D eigenvalue weighted by Gasteiger charge is -2.07. The number of aromatic nitrogens is 1. The van der Waals surface area contributed by atoms with Crippen molar-refractivity contribution >= 4 is 23.1 Å². The van der Waals surface area contributed by atoms with E-state index >= 15 is 0 Å². The van der Waals surface area contributed by atoms with Crippen molar-refractivity contribution in [1.82, 2.24) is 4.98 Å². The third kappa shape index (κ3) is 3.11. The molecule has 1 heterocycles. The second-order valence-electron chi connectivity index (χ2n) is 3.58. The monoisotopic (exact) mass is 279 g/mol. The average molecular weight is 280 g/mol. The van der Waals surface area contributed by atoms with E-state index in [0.29, 0.717) is 10.8 Å². The summed E-state index contributed by atoms with van der Waals surface area (Å²) in [7, 11) is 1.72. The number of hydrogen-bond donors (Lipinski definition) is 1. The Morgan fingerprint density at radius 2 is 2.16 bits per heavy atom. The van der Waals surface area contributed by atoms with E-state index < -0.39 is 4.92 Å². The number of nitrogens with zero attached hydrogens (tertiary/aromatic N) is 2. The van der Waals surface area contributed by atoms with Crippen LogP contribution in [-0.2, 0) is 0 Å². The number of anilines is 1. The fraction of sp³-hybridized carbons (Fsp3) is 0.0833. The predicted molar refractivity (Wildman–Crippen MR) is 72.0 cm³/mol. The third-order valence-electron chi connectivity index (χ3n) is 2.31. The lowest BCUT2D eigenvalue weighted by atomic mass is 10.3. The molecule has 0 aliphatic carbocycles. The van der Waals surface area contributed by atoms with Crippen molar-refractivity contribution < 1.29 is 9.66 Å². The van der Waals surface area contributed by atoms with E-state index in [2.05, 4.69) is 10.3 Å². The summed E-state index contributed by atoms with van der Waals surface area (Å²) in [6, 6.07) is 9.19. The molecule has 1 aromatic heterocycles. The largest absolute Gasteiger partial charge is 0.432 e. The molecule has 0 radical (unpaired) electrons. The molecule has 0 spiro atoms. The Balaban J connectivity index is 2.36. The zero-order valence-electron chi connectivity index (χ0n) is 9.96. The van der Waals surface area contributed by atoms with Gasteiger partial charge in [-0.05, 0) is 12.1 Å². The number of ether oxygens (including phenoxy) is 1. The van der Waals surface area contributed by atoms with Gasteiger partial charge in [-0.3, -0.25) is 10.1 Å². The van der Waals surface area contributed by atoms with Gasteiger partial charge in [0.1, 0.15) is 5.82 Å². The molecule has 7 heteroatoms. The lowest BCUT2D eigenvalue weighted by molar-refractivity contribution is -0.385. The summed E-state index contributed by atoms with van der Waals surface area (Å²) in [4.78, 5) is 14.5. The van der Waals surface area contributed by atoms with Crippen LogP contribution >= 0.6 is 11.6 Å². The van der Waals surface area contributed by atoms with Crippen LogP contribution in [0.1, 0.15) is 0 Å². The van der Waals surface area contributed by atoms with Gasteiger partial charge in [0.05, 0.1) is 4.92 Å². The number of pyridine rings is 1. The van der Waals surface area contributed by atoms with Crippen LogP contribution in [0.15, 0.2) is 36.4 Å². The van der Waals surface area contributed by atoms with Crippen LogP contribution in [-0.4, -0.2) is 17.0 Å². The number of rotatable bonds is 4. The van der Waals surface area contributed by atoms with Gasteiger partial charge in [0.15, 0.2) is 0 Å². The molecular weight excluding hydrogens is 270 g/mol. The first-order valence-corrected chi connectivity index (χ1v) is 5.74. The topological polar surface area (TPSA) is 77.3 Å². The van der Waals surface area contributed by atoms with E-state index in [0.717, 1.165) is 0 Å². The molecule has 0 aliphatic heterocycles. The van der Waals surface area contributed by atoms with Gasteiger partial charge in [-0.25, -0.2) is 0 Å². The molecule has 19 heavy (non-hydrogen) atoms. The summed E-state index contributed by atoms with van der Waals surface area (Å²) in [5.41, 5.74) is -0.166. The van der Waals surface area contributed by atoms with Gasteiger partial charge < -0.3 is 10.1 Å². The Bertz CT molecular complexity index is 619. The average Bonchev–Trinajstić information content (AvgIpc) is 2.38. The van der Waals surface area contributed by atoms with Crippen LogP contribution in [0, 0.1) is 10.1 Å².